The predicted octanol–water partition coefficient (Wildman–Crippen LogP) is 4.31. The van der Waals surface area contributed by atoms with Crippen LogP contribution < -0.4 is 20.3 Å². The van der Waals surface area contributed by atoms with Gasteiger partial charge in [-0.3, -0.25) is 4.79 Å². The third kappa shape index (κ3) is 4.29. The Bertz CT molecular complexity index is 1200. The number of hydrogen-bond donors (Lipinski definition) is 2. The highest BCUT2D eigenvalue weighted by Gasteiger charge is 2.30. The lowest BCUT2D eigenvalue weighted by Gasteiger charge is -2.21. The number of halogens is 1. The number of nitrogens with zero attached hydrogens (tertiary/aromatic N) is 2. The summed E-state index contributed by atoms with van der Waals surface area (Å²) in [5.41, 5.74) is 3.44. The van der Waals surface area contributed by atoms with Gasteiger partial charge in [-0.15, -0.1) is 0 Å². The molecule has 0 bridgehead atoms. The standard InChI is InChI=1S/C24H21ClN4O3/c1-29-19-11-7-6-10-17(19)21(15-8-4-3-5-9-15)27-22(23(29)30)28-24(31)26-16-12-13-20(32-2)18(25)14-16/h3-14,22H,1-2H3,(H2,26,28,31)/t22-/m0/s1. The molecular weight excluding hydrogens is 428 g/mol. The number of amides is 3. The predicted molar refractivity (Wildman–Crippen MR) is 126 cm³/mol. The zero-order valence-corrected chi connectivity index (χ0v) is 18.3. The van der Waals surface area contributed by atoms with E-state index in [4.69, 9.17) is 16.3 Å². The molecule has 1 heterocycles. The largest absolute Gasteiger partial charge is 0.495 e. The van der Waals surface area contributed by atoms with Gasteiger partial charge in [-0.1, -0.05) is 60.1 Å². The van der Waals surface area contributed by atoms with E-state index >= 15 is 0 Å². The van der Waals surface area contributed by atoms with Gasteiger partial charge in [-0.2, -0.15) is 0 Å². The lowest BCUT2D eigenvalue weighted by molar-refractivity contribution is -0.119. The highest BCUT2D eigenvalue weighted by Crippen LogP contribution is 2.28. The number of aliphatic imine (C=N–C) groups is 1. The first-order valence-electron chi connectivity index (χ1n) is 9.89. The Morgan fingerprint density at radius 3 is 2.50 bits per heavy atom. The fourth-order valence-corrected chi connectivity index (χ4v) is 3.74. The van der Waals surface area contributed by atoms with Gasteiger partial charge in [0.25, 0.3) is 5.91 Å². The maximum Gasteiger partial charge on any atom is 0.321 e. The summed E-state index contributed by atoms with van der Waals surface area (Å²) in [5.74, 6) is 0.138. The molecule has 0 radical (unpaired) electrons. The number of benzodiazepines with no additional fused rings is 1. The molecule has 3 aromatic rings. The van der Waals surface area contributed by atoms with Crippen molar-refractivity contribution in [3.05, 3.63) is 88.9 Å². The molecule has 0 aromatic heterocycles. The molecule has 1 atom stereocenters. The number of anilines is 2. The smallest absolute Gasteiger partial charge is 0.321 e. The average molecular weight is 449 g/mol. The summed E-state index contributed by atoms with van der Waals surface area (Å²) in [6.45, 7) is 0. The maximum absolute atomic E-state index is 13.1. The summed E-state index contributed by atoms with van der Waals surface area (Å²) in [7, 11) is 3.18. The second-order valence-electron chi connectivity index (χ2n) is 7.11. The van der Waals surface area contributed by atoms with Crippen molar-refractivity contribution in [3.8, 4) is 5.75 Å². The molecule has 1 aliphatic heterocycles. The fraction of sp³-hybridized carbons (Fsp3) is 0.125. The Balaban J connectivity index is 1.65. The maximum atomic E-state index is 13.1. The van der Waals surface area contributed by atoms with E-state index in [9.17, 15) is 9.59 Å². The highest BCUT2D eigenvalue weighted by atomic mass is 35.5. The molecule has 1 aliphatic rings. The molecule has 7 nitrogen and oxygen atoms in total. The molecule has 8 heteroatoms. The SMILES string of the molecule is COc1ccc(NC(=O)N[C@@H]2N=C(c3ccccc3)c3ccccc3N(C)C2=O)cc1Cl. The van der Waals surface area contributed by atoms with Gasteiger partial charge in [-0.25, -0.2) is 9.79 Å². The molecular formula is C24H21ClN4O3. The van der Waals surface area contributed by atoms with Crippen molar-refractivity contribution >= 4 is 40.6 Å². The molecule has 3 aromatic carbocycles. The van der Waals surface area contributed by atoms with Crippen LogP contribution in [0, 0.1) is 0 Å². The normalized spacial score (nSPS) is 15.3. The number of methoxy groups -OCH3 is 1. The van der Waals surface area contributed by atoms with E-state index in [-0.39, 0.29) is 5.91 Å². The number of fused-ring (bicyclic) bond motifs is 1. The summed E-state index contributed by atoms with van der Waals surface area (Å²) in [4.78, 5) is 32.0. The molecule has 0 spiro atoms. The second kappa shape index (κ2) is 9.11. The second-order valence-corrected chi connectivity index (χ2v) is 7.52. The Morgan fingerprint density at radius 2 is 1.78 bits per heavy atom. The van der Waals surface area contributed by atoms with E-state index in [0.717, 1.165) is 11.1 Å². The van der Waals surface area contributed by atoms with Crippen LogP contribution in [-0.2, 0) is 4.79 Å². The van der Waals surface area contributed by atoms with Crippen LogP contribution in [0.4, 0.5) is 16.2 Å². The van der Waals surface area contributed by atoms with E-state index in [1.165, 1.54) is 12.0 Å². The van der Waals surface area contributed by atoms with Gasteiger partial charge in [-0.05, 0) is 24.3 Å². The molecule has 0 saturated carbocycles. The lowest BCUT2D eigenvalue weighted by atomic mass is 10.0. The summed E-state index contributed by atoms with van der Waals surface area (Å²) < 4.78 is 5.12. The zero-order valence-electron chi connectivity index (χ0n) is 17.5. The minimum atomic E-state index is -1.11. The number of benzene rings is 3. The summed E-state index contributed by atoms with van der Waals surface area (Å²) >= 11 is 6.13. The molecule has 0 saturated heterocycles. The first-order valence-corrected chi connectivity index (χ1v) is 10.3. The third-order valence-corrected chi connectivity index (χ3v) is 5.36. The van der Waals surface area contributed by atoms with Crippen LogP contribution >= 0.6 is 11.6 Å². The quantitative estimate of drug-likeness (QED) is 0.623. The number of ether oxygens (including phenoxy) is 1. The van der Waals surface area contributed by atoms with Crippen molar-refractivity contribution in [1.82, 2.24) is 5.32 Å². The van der Waals surface area contributed by atoms with E-state index in [1.54, 1.807) is 25.2 Å². The number of likely N-dealkylation sites (N-methyl/N-ethyl adjacent to an activating group) is 1. The van der Waals surface area contributed by atoms with Crippen molar-refractivity contribution < 1.29 is 14.3 Å². The van der Waals surface area contributed by atoms with Gasteiger partial charge in [0, 0.05) is 23.9 Å². The Morgan fingerprint density at radius 1 is 1.06 bits per heavy atom. The average Bonchev–Trinajstić information content (AvgIpc) is 2.90. The van der Waals surface area contributed by atoms with Crippen molar-refractivity contribution in [1.29, 1.82) is 0 Å². The Labute approximate surface area is 190 Å². The van der Waals surface area contributed by atoms with Gasteiger partial charge in [0.2, 0.25) is 6.17 Å². The lowest BCUT2D eigenvalue weighted by Crippen LogP contribution is -2.47. The van der Waals surface area contributed by atoms with Crippen molar-refractivity contribution in [2.75, 3.05) is 24.4 Å². The number of para-hydroxylation sites is 1. The van der Waals surface area contributed by atoms with Gasteiger partial charge in [0.1, 0.15) is 5.75 Å². The number of carbonyl (C=O) groups excluding carboxylic acids is 2. The number of rotatable bonds is 4. The number of urea groups is 1. The van der Waals surface area contributed by atoms with Crippen LogP contribution in [0.3, 0.4) is 0 Å². The third-order valence-electron chi connectivity index (χ3n) is 5.07. The zero-order chi connectivity index (χ0) is 22.7. The van der Waals surface area contributed by atoms with Crippen LogP contribution in [0.1, 0.15) is 11.1 Å². The van der Waals surface area contributed by atoms with Crippen LogP contribution in [0.5, 0.6) is 5.75 Å². The molecule has 0 fully saturated rings. The van der Waals surface area contributed by atoms with Gasteiger partial charge >= 0.3 is 6.03 Å². The minimum Gasteiger partial charge on any atom is -0.495 e. The van der Waals surface area contributed by atoms with E-state index in [1.807, 2.05) is 54.6 Å². The van der Waals surface area contributed by atoms with E-state index in [0.29, 0.717) is 27.9 Å². The molecule has 3 amide bonds. The van der Waals surface area contributed by atoms with Gasteiger partial charge in [0.15, 0.2) is 0 Å². The van der Waals surface area contributed by atoms with Gasteiger partial charge in [0.05, 0.1) is 23.5 Å². The summed E-state index contributed by atoms with van der Waals surface area (Å²) in [6, 6.07) is 21.3. The Kier molecular flexibility index (Phi) is 6.09. The van der Waals surface area contributed by atoms with Crippen LogP contribution in [0.15, 0.2) is 77.8 Å². The minimum absolute atomic E-state index is 0.355. The van der Waals surface area contributed by atoms with Crippen molar-refractivity contribution in [2.24, 2.45) is 4.99 Å². The molecule has 162 valence electrons. The molecule has 32 heavy (non-hydrogen) atoms. The van der Waals surface area contributed by atoms with E-state index in [2.05, 4.69) is 15.6 Å². The first-order chi connectivity index (χ1) is 15.5. The van der Waals surface area contributed by atoms with Crippen molar-refractivity contribution in [2.45, 2.75) is 6.17 Å². The van der Waals surface area contributed by atoms with E-state index < -0.39 is 12.2 Å². The number of hydrogen-bond acceptors (Lipinski definition) is 4. The number of carbonyl (C=O) groups is 2. The van der Waals surface area contributed by atoms with Gasteiger partial charge < -0.3 is 20.3 Å². The monoisotopic (exact) mass is 448 g/mol. The molecule has 0 aliphatic carbocycles. The number of nitrogens with one attached hydrogen (secondary N) is 2. The van der Waals surface area contributed by atoms with Crippen LogP contribution in [0.2, 0.25) is 5.02 Å². The van der Waals surface area contributed by atoms with Crippen molar-refractivity contribution in [3.63, 3.8) is 0 Å². The topological polar surface area (TPSA) is 83.0 Å². The molecule has 0 unspecified atom stereocenters. The Hall–Kier alpha value is -3.84. The first kappa shape index (κ1) is 21.4. The summed E-state index contributed by atoms with van der Waals surface area (Å²) in [6.07, 6.45) is -1.11. The van der Waals surface area contributed by atoms with Crippen LogP contribution in [0.25, 0.3) is 0 Å². The van der Waals surface area contributed by atoms with Crippen LogP contribution in [-0.4, -0.2) is 38.0 Å². The molecule has 4 rings (SSSR count). The summed E-state index contributed by atoms with van der Waals surface area (Å²) in [5, 5.41) is 5.71. The fourth-order valence-electron chi connectivity index (χ4n) is 3.48. The highest BCUT2D eigenvalue weighted by molar-refractivity contribution is 6.32. The molecule has 2 N–H and O–H groups in total.